The Morgan fingerprint density at radius 3 is 2.33 bits per heavy atom. The lowest BCUT2D eigenvalue weighted by atomic mass is 10.3. The highest BCUT2D eigenvalue weighted by atomic mass is 79.9. The molecule has 0 spiro atoms. The fourth-order valence-electron chi connectivity index (χ4n) is 2.08. The molecular formula is C12H17BrN4O3S. The summed E-state index contributed by atoms with van der Waals surface area (Å²) in [6.45, 7) is 2.39. The second-order valence-corrected chi connectivity index (χ2v) is 6.90. The molecule has 116 valence electrons. The van der Waals surface area contributed by atoms with E-state index >= 15 is 0 Å². The zero-order valence-corrected chi connectivity index (χ0v) is 14.2. The van der Waals surface area contributed by atoms with E-state index in [1.165, 1.54) is 0 Å². The summed E-state index contributed by atoms with van der Waals surface area (Å²) in [6.07, 6.45) is 1.88. The predicted octanol–water partition coefficient (Wildman–Crippen LogP) is 0.624. The highest BCUT2D eigenvalue weighted by molar-refractivity contribution is 9.09. The van der Waals surface area contributed by atoms with Gasteiger partial charge in [0.15, 0.2) is 5.57 Å². The second kappa shape index (κ2) is 8.23. The van der Waals surface area contributed by atoms with Crippen LogP contribution in [-0.4, -0.2) is 62.6 Å². The van der Waals surface area contributed by atoms with Crippen LogP contribution in [0.3, 0.4) is 0 Å². The van der Waals surface area contributed by atoms with Crippen LogP contribution >= 0.6 is 15.9 Å². The van der Waals surface area contributed by atoms with Crippen molar-refractivity contribution in [2.75, 3.05) is 44.4 Å². The molecule has 0 aromatic carbocycles. The Hall–Kier alpha value is -1.29. The Morgan fingerprint density at radius 2 is 1.86 bits per heavy atom. The van der Waals surface area contributed by atoms with Crippen molar-refractivity contribution in [2.45, 2.75) is 6.42 Å². The monoisotopic (exact) mass is 376 g/mol. The Bertz CT molecular complexity index is 560. The predicted molar refractivity (Wildman–Crippen MR) is 80.6 cm³/mol. The molecule has 1 aliphatic rings. The maximum absolute atomic E-state index is 11.0. The molecule has 0 radical (unpaired) electrons. The maximum Gasteiger partial charge on any atom is 0.264 e. The second-order valence-electron chi connectivity index (χ2n) is 4.46. The first-order valence-corrected chi connectivity index (χ1v) is 9.31. The topological polar surface area (TPSA) is 97.4 Å². The average Bonchev–Trinajstić information content (AvgIpc) is 2.80. The van der Waals surface area contributed by atoms with E-state index in [1.54, 1.807) is 0 Å². The molecule has 0 unspecified atom stereocenters. The van der Waals surface area contributed by atoms with Crippen molar-refractivity contribution in [2.24, 2.45) is 0 Å². The van der Waals surface area contributed by atoms with Crippen molar-refractivity contribution in [3.8, 4) is 12.1 Å². The molecule has 1 rings (SSSR count). The van der Waals surface area contributed by atoms with E-state index in [4.69, 9.17) is 14.7 Å². The van der Waals surface area contributed by atoms with Gasteiger partial charge in [-0.05, 0) is 6.42 Å². The quantitative estimate of drug-likeness (QED) is 0.365. The highest BCUT2D eigenvalue weighted by Gasteiger charge is 2.28. The van der Waals surface area contributed by atoms with Crippen LogP contribution in [0.25, 0.3) is 0 Å². The van der Waals surface area contributed by atoms with E-state index in [2.05, 4.69) is 15.9 Å². The van der Waals surface area contributed by atoms with Gasteiger partial charge in [-0.15, -0.1) is 0 Å². The fraction of sp³-hybridized carbons (Fsp3) is 0.667. The van der Waals surface area contributed by atoms with E-state index in [1.807, 2.05) is 21.9 Å². The van der Waals surface area contributed by atoms with Crippen LogP contribution in [-0.2, 0) is 14.3 Å². The highest BCUT2D eigenvalue weighted by Crippen LogP contribution is 2.22. The van der Waals surface area contributed by atoms with Gasteiger partial charge in [0.25, 0.3) is 10.1 Å². The van der Waals surface area contributed by atoms with E-state index in [0.717, 1.165) is 24.6 Å². The van der Waals surface area contributed by atoms with Crippen LogP contribution in [0.1, 0.15) is 6.42 Å². The molecule has 21 heavy (non-hydrogen) atoms. The van der Waals surface area contributed by atoms with Gasteiger partial charge < -0.3 is 9.80 Å². The Labute approximate surface area is 133 Å². The third-order valence-corrected chi connectivity index (χ3v) is 4.06. The number of nitrogens with zero attached hydrogens (tertiary/aromatic N) is 4. The van der Waals surface area contributed by atoms with E-state index in [9.17, 15) is 8.42 Å². The summed E-state index contributed by atoms with van der Waals surface area (Å²) in [4.78, 5) is 3.80. The lowest BCUT2D eigenvalue weighted by molar-refractivity contribution is 0.253. The first-order chi connectivity index (χ1) is 9.92. The van der Waals surface area contributed by atoms with Gasteiger partial charge >= 0.3 is 0 Å². The summed E-state index contributed by atoms with van der Waals surface area (Å²) in [5.74, 6) is 0.568. The lowest BCUT2D eigenvalue weighted by Crippen LogP contribution is -2.29. The van der Waals surface area contributed by atoms with E-state index in [-0.39, 0.29) is 12.2 Å². The fourth-order valence-corrected chi connectivity index (χ4v) is 2.71. The van der Waals surface area contributed by atoms with Crippen LogP contribution in [0, 0.1) is 22.7 Å². The van der Waals surface area contributed by atoms with Crippen molar-refractivity contribution in [3.63, 3.8) is 0 Å². The first kappa shape index (κ1) is 17.8. The van der Waals surface area contributed by atoms with E-state index < -0.39 is 10.1 Å². The smallest absolute Gasteiger partial charge is 0.264 e. The van der Waals surface area contributed by atoms with Crippen molar-refractivity contribution in [1.29, 1.82) is 10.5 Å². The van der Waals surface area contributed by atoms with Gasteiger partial charge in [0.2, 0.25) is 0 Å². The van der Waals surface area contributed by atoms with Crippen molar-refractivity contribution in [1.82, 2.24) is 9.80 Å². The number of rotatable bonds is 7. The molecule has 1 saturated heterocycles. The summed E-state index contributed by atoms with van der Waals surface area (Å²) in [6, 6.07) is 3.80. The molecule has 0 aromatic heterocycles. The van der Waals surface area contributed by atoms with Crippen molar-refractivity contribution < 1.29 is 12.6 Å². The van der Waals surface area contributed by atoms with Gasteiger partial charge in [0, 0.05) is 31.5 Å². The molecule has 0 saturated carbocycles. The Balaban J connectivity index is 2.82. The number of hydrogen-bond acceptors (Lipinski definition) is 7. The van der Waals surface area contributed by atoms with Crippen LogP contribution in [0.2, 0.25) is 0 Å². The minimum Gasteiger partial charge on any atom is -0.355 e. The minimum atomic E-state index is -3.48. The third kappa shape index (κ3) is 5.54. The normalized spacial score (nSPS) is 15.0. The minimum absolute atomic E-state index is 0.00124. The summed E-state index contributed by atoms with van der Waals surface area (Å²) in [5, 5.41) is 19.0. The molecule has 0 bridgehead atoms. The van der Waals surface area contributed by atoms with E-state index in [0.29, 0.717) is 25.5 Å². The van der Waals surface area contributed by atoms with Gasteiger partial charge in [-0.3, -0.25) is 4.18 Å². The van der Waals surface area contributed by atoms with Crippen LogP contribution < -0.4 is 0 Å². The summed E-state index contributed by atoms with van der Waals surface area (Å²) in [7, 11) is -3.48. The average molecular weight is 377 g/mol. The number of hydrogen-bond donors (Lipinski definition) is 0. The first-order valence-electron chi connectivity index (χ1n) is 6.37. The third-order valence-electron chi connectivity index (χ3n) is 2.91. The molecule has 1 heterocycles. The van der Waals surface area contributed by atoms with Crippen LogP contribution in [0.5, 0.6) is 0 Å². The molecule has 7 nitrogen and oxygen atoms in total. The van der Waals surface area contributed by atoms with Crippen LogP contribution in [0.4, 0.5) is 0 Å². The van der Waals surface area contributed by atoms with Crippen LogP contribution in [0.15, 0.2) is 11.4 Å². The zero-order valence-electron chi connectivity index (χ0n) is 11.7. The lowest BCUT2D eigenvalue weighted by Gasteiger charge is -2.24. The number of halogens is 1. The van der Waals surface area contributed by atoms with Gasteiger partial charge in [-0.2, -0.15) is 18.9 Å². The van der Waals surface area contributed by atoms with Gasteiger partial charge in [0.1, 0.15) is 18.0 Å². The molecule has 0 N–H and O–H groups in total. The zero-order chi connectivity index (χ0) is 15.9. The molecule has 1 aliphatic heterocycles. The summed E-state index contributed by atoms with van der Waals surface area (Å²) in [5.41, 5.74) is 0.0430. The molecule has 0 aliphatic carbocycles. The molecule has 0 atom stereocenters. The number of alkyl halides is 1. The summed E-state index contributed by atoms with van der Waals surface area (Å²) >= 11 is 3.35. The van der Waals surface area contributed by atoms with Crippen molar-refractivity contribution >= 4 is 26.0 Å². The molecular weight excluding hydrogens is 360 g/mol. The standard InChI is InChI=1S/C12H17BrN4O3S/c1-21(18,19)20-8-7-17-6-5-16(4-2-3-13)12(17)11(9-14)10-15/h2-8H2,1H3. The SMILES string of the molecule is CS(=O)(=O)OCCN1CCN(CCCBr)C1=C(C#N)C#N. The Kier molecular flexibility index (Phi) is 6.96. The van der Waals surface area contributed by atoms with Crippen molar-refractivity contribution in [3.05, 3.63) is 11.4 Å². The molecule has 9 heteroatoms. The molecule has 0 amide bonds. The Morgan fingerprint density at radius 1 is 1.29 bits per heavy atom. The van der Waals surface area contributed by atoms with Gasteiger partial charge in [-0.1, -0.05) is 15.9 Å². The number of allylic oxidation sites excluding steroid dienone is 1. The van der Waals surface area contributed by atoms with Gasteiger partial charge in [0.05, 0.1) is 12.9 Å². The summed E-state index contributed by atoms with van der Waals surface area (Å²) < 4.78 is 26.6. The maximum atomic E-state index is 11.0. The number of nitriles is 2. The molecule has 0 aromatic rings. The van der Waals surface area contributed by atoms with Gasteiger partial charge in [-0.25, -0.2) is 0 Å². The molecule has 1 fully saturated rings. The largest absolute Gasteiger partial charge is 0.355 e.